The molecule has 19 heavy (non-hydrogen) atoms. The largest absolute Gasteiger partial charge is 0.303 e. The second-order valence-corrected chi connectivity index (χ2v) is 6.40. The Balaban J connectivity index is 1.78. The number of hydrogen-bond acceptors (Lipinski definition) is 3. The zero-order valence-electron chi connectivity index (χ0n) is 12.6. The molecule has 1 heterocycles. The van der Waals surface area contributed by atoms with Crippen molar-refractivity contribution in [1.29, 1.82) is 5.26 Å². The number of rotatable bonds is 5. The minimum atomic E-state index is -0.234. The normalized spacial score (nSPS) is 33.4. The monoisotopic (exact) mass is 263 g/mol. The number of nitriles is 1. The molecule has 3 heteroatoms. The van der Waals surface area contributed by atoms with Crippen molar-refractivity contribution >= 4 is 0 Å². The summed E-state index contributed by atoms with van der Waals surface area (Å²) in [5, 5.41) is 12.8. The minimum absolute atomic E-state index is 0.234. The molecule has 2 fully saturated rings. The zero-order valence-corrected chi connectivity index (χ0v) is 12.6. The third-order valence-corrected chi connectivity index (χ3v) is 5.54. The molecule has 2 atom stereocenters. The topological polar surface area (TPSA) is 39.1 Å². The number of nitrogens with zero attached hydrogens (tertiary/aromatic N) is 2. The summed E-state index contributed by atoms with van der Waals surface area (Å²) in [5.74, 6) is 1.50. The van der Waals surface area contributed by atoms with Gasteiger partial charge in [-0.1, -0.05) is 19.8 Å². The van der Waals surface area contributed by atoms with Gasteiger partial charge < -0.3 is 10.2 Å². The van der Waals surface area contributed by atoms with Crippen LogP contribution in [-0.4, -0.2) is 37.1 Å². The van der Waals surface area contributed by atoms with Crippen LogP contribution >= 0.6 is 0 Å². The number of likely N-dealkylation sites (tertiary alicyclic amines) is 1. The Morgan fingerprint density at radius 1 is 1.32 bits per heavy atom. The van der Waals surface area contributed by atoms with Crippen LogP contribution in [0.2, 0.25) is 0 Å². The Kier molecular flexibility index (Phi) is 5.24. The van der Waals surface area contributed by atoms with E-state index in [1.807, 2.05) is 7.05 Å². The molecule has 108 valence electrons. The van der Waals surface area contributed by atoms with Gasteiger partial charge in [0.25, 0.3) is 0 Å². The van der Waals surface area contributed by atoms with Crippen LogP contribution in [0.4, 0.5) is 0 Å². The van der Waals surface area contributed by atoms with Gasteiger partial charge in [-0.25, -0.2) is 0 Å². The van der Waals surface area contributed by atoms with E-state index in [1.165, 1.54) is 58.2 Å². The van der Waals surface area contributed by atoms with Crippen LogP contribution in [0.3, 0.4) is 0 Å². The van der Waals surface area contributed by atoms with Crippen molar-refractivity contribution in [2.24, 2.45) is 11.8 Å². The van der Waals surface area contributed by atoms with E-state index in [9.17, 15) is 5.26 Å². The Hall–Kier alpha value is -0.590. The first-order chi connectivity index (χ1) is 9.24. The van der Waals surface area contributed by atoms with Gasteiger partial charge in [0, 0.05) is 0 Å². The maximum Gasteiger partial charge on any atom is 0.109 e. The number of hydrogen-bond donors (Lipinski definition) is 1. The van der Waals surface area contributed by atoms with Gasteiger partial charge in [-0.3, -0.25) is 0 Å². The summed E-state index contributed by atoms with van der Waals surface area (Å²) in [6.45, 7) is 6.04. The molecular weight excluding hydrogens is 234 g/mol. The molecule has 0 radical (unpaired) electrons. The minimum Gasteiger partial charge on any atom is -0.303 e. The highest BCUT2D eigenvalue weighted by Gasteiger charge is 2.41. The fourth-order valence-corrected chi connectivity index (χ4v) is 3.96. The number of piperidine rings is 1. The van der Waals surface area contributed by atoms with Gasteiger partial charge in [-0.05, 0) is 70.6 Å². The smallest absolute Gasteiger partial charge is 0.109 e. The van der Waals surface area contributed by atoms with Crippen LogP contribution in [0.5, 0.6) is 0 Å². The maximum atomic E-state index is 9.46. The van der Waals surface area contributed by atoms with E-state index in [1.54, 1.807) is 0 Å². The van der Waals surface area contributed by atoms with E-state index in [2.05, 4.69) is 23.2 Å². The van der Waals surface area contributed by atoms with Crippen LogP contribution < -0.4 is 5.32 Å². The second-order valence-electron chi connectivity index (χ2n) is 6.40. The van der Waals surface area contributed by atoms with Gasteiger partial charge in [0.15, 0.2) is 0 Å². The van der Waals surface area contributed by atoms with Crippen molar-refractivity contribution in [3.63, 3.8) is 0 Å². The highest BCUT2D eigenvalue weighted by molar-refractivity contribution is 5.13. The van der Waals surface area contributed by atoms with Gasteiger partial charge in [0.2, 0.25) is 0 Å². The molecule has 0 aromatic carbocycles. The zero-order chi connectivity index (χ0) is 13.7. The fourth-order valence-electron chi connectivity index (χ4n) is 3.96. The van der Waals surface area contributed by atoms with Crippen molar-refractivity contribution in [1.82, 2.24) is 10.2 Å². The van der Waals surface area contributed by atoms with Crippen LogP contribution in [0.15, 0.2) is 0 Å². The molecule has 1 aliphatic carbocycles. The number of nitrogens with one attached hydrogen (secondary N) is 1. The van der Waals surface area contributed by atoms with E-state index in [0.29, 0.717) is 5.92 Å². The lowest BCUT2D eigenvalue weighted by Gasteiger charge is -2.34. The highest BCUT2D eigenvalue weighted by Crippen LogP contribution is 2.37. The molecule has 3 nitrogen and oxygen atoms in total. The molecule has 0 spiro atoms. The van der Waals surface area contributed by atoms with Crippen molar-refractivity contribution in [2.45, 2.75) is 57.4 Å². The quantitative estimate of drug-likeness (QED) is 0.829. The van der Waals surface area contributed by atoms with Gasteiger partial charge >= 0.3 is 0 Å². The summed E-state index contributed by atoms with van der Waals surface area (Å²) in [4.78, 5) is 2.61. The van der Waals surface area contributed by atoms with Crippen molar-refractivity contribution in [3.8, 4) is 6.07 Å². The van der Waals surface area contributed by atoms with Gasteiger partial charge in [-0.2, -0.15) is 5.26 Å². The lowest BCUT2D eigenvalue weighted by atomic mass is 9.85. The Morgan fingerprint density at radius 3 is 2.63 bits per heavy atom. The SMILES string of the molecule is CCC1CCN(CCC2CCCC2(C#N)NC)CC1. The van der Waals surface area contributed by atoms with Crippen LogP contribution in [0.1, 0.15) is 51.9 Å². The Morgan fingerprint density at radius 2 is 2.05 bits per heavy atom. The van der Waals surface area contributed by atoms with Crippen molar-refractivity contribution < 1.29 is 0 Å². The lowest BCUT2D eigenvalue weighted by Crippen LogP contribution is -2.46. The van der Waals surface area contributed by atoms with E-state index in [4.69, 9.17) is 0 Å². The Bertz CT molecular complexity index is 314. The second kappa shape index (κ2) is 6.72. The maximum absolute atomic E-state index is 9.46. The predicted molar refractivity (Wildman–Crippen MR) is 78.8 cm³/mol. The summed E-state index contributed by atoms with van der Waals surface area (Å²) in [5.41, 5.74) is -0.234. The summed E-state index contributed by atoms with van der Waals surface area (Å²) in [6.07, 6.45) is 8.73. The third kappa shape index (κ3) is 3.30. The molecule has 2 aliphatic rings. The highest BCUT2D eigenvalue weighted by atomic mass is 15.1. The first kappa shape index (κ1) is 14.8. The average Bonchev–Trinajstić information content (AvgIpc) is 2.89. The molecular formula is C16H29N3. The first-order valence-electron chi connectivity index (χ1n) is 8.06. The lowest BCUT2D eigenvalue weighted by molar-refractivity contribution is 0.164. The summed E-state index contributed by atoms with van der Waals surface area (Å²) < 4.78 is 0. The van der Waals surface area contributed by atoms with E-state index < -0.39 is 0 Å². The van der Waals surface area contributed by atoms with Crippen molar-refractivity contribution in [3.05, 3.63) is 0 Å². The Labute approximate surface area is 118 Å². The summed E-state index contributed by atoms with van der Waals surface area (Å²) >= 11 is 0. The molecule has 1 saturated carbocycles. The fraction of sp³-hybridized carbons (Fsp3) is 0.938. The average molecular weight is 263 g/mol. The summed E-state index contributed by atoms with van der Waals surface area (Å²) in [6, 6.07) is 2.55. The molecule has 0 amide bonds. The molecule has 0 aromatic heterocycles. The van der Waals surface area contributed by atoms with E-state index >= 15 is 0 Å². The molecule has 1 saturated heterocycles. The van der Waals surface area contributed by atoms with Crippen LogP contribution in [-0.2, 0) is 0 Å². The standard InChI is InChI=1S/C16H29N3/c1-3-14-6-10-19(11-7-14)12-8-15-5-4-9-16(15,13-17)18-2/h14-15,18H,3-12H2,1-2H3. The molecule has 2 unspecified atom stereocenters. The molecule has 0 bridgehead atoms. The molecule has 1 N–H and O–H groups in total. The van der Waals surface area contributed by atoms with Crippen LogP contribution in [0, 0.1) is 23.2 Å². The molecule has 2 rings (SSSR count). The van der Waals surface area contributed by atoms with Crippen molar-refractivity contribution in [2.75, 3.05) is 26.7 Å². The summed E-state index contributed by atoms with van der Waals surface area (Å²) in [7, 11) is 1.95. The van der Waals surface area contributed by atoms with E-state index in [0.717, 1.165) is 12.3 Å². The first-order valence-corrected chi connectivity index (χ1v) is 8.06. The van der Waals surface area contributed by atoms with Crippen LogP contribution in [0.25, 0.3) is 0 Å². The van der Waals surface area contributed by atoms with Gasteiger partial charge in [0.1, 0.15) is 5.54 Å². The predicted octanol–water partition coefficient (Wildman–Crippen LogP) is 2.78. The van der Waals surface area contributed by atoms with E-state index in [-0.39, 0.29) is 5.54 Å². The van der Waals surface area contributed by atoms with Gasteiger partial charge in [0.05, 0.1) is 6.07 Å². The molecule has 0 aromatic rings. The van der Waals surface area contributed by atoms with Gasteiger partial charge in [-0.15, -0.1) is 0 Å². The molecule has 1 aliphatic heterocycles. The third-order valence-electron chi connectivity index (χ3n) is 5.54.